The van der Waals surface area contributed by atoms with E-state index in [0.29, 0.717) is 0 Å². The molecule has 0 aliphatic heterocycles. The Morgan fingerprint density at radius 3 is 2.41 bits per heavy atom. The SMILES string of the molecule is CC(C)(C)n1c(NC(O)CC2CC(F)(F)C2(F)F)nc2ccc(F)c(F)c21. The van der Waals surface area contributed by atoms with Crippen molar-refractivity contribution in [3.05, 3.63) is 23.8 Å². The average Bonchev–Trinajstić information content (AvgIpc) is 2.89. The lowest BCUT2D eigenvalue weighted by atomic mass is 9.74. The maximum atomic E-state index is 14.3. The van der Waals surface area contributed by atoms with Crippen LogP contribution in [0.3, 0.4) is 0 Å². The van der Waals surface area contributed by atoms with Gasteiger partial charge in [0.05, 0.1) is 5.52 Å². The van der Waals surface area contributed by atoms with Crippen LogP contribution >= 0.6 is 0 Å². The van der Waals surface area contributed by atoms with E-state index < -0.39 is 54.0 Å². The number of nitrogens with zero attached hydrogens (tertiary/aromatic N) is 2. The molecule has 1 fully saturated rings. The maximum absolute atomic E-state index is 14.3. The van der Waals surface area contributed by atoms with E-state index in [2.05, 4.69) is 10.3 Å². The van der Waals surface area contributed by atoms with Crippen LogP contribution in [0.5, 0.6) is 0 Å². The van der Waals surface area contributed by atoms with Gasteiger partial charge in [0, 0.05) is 24.3 Å². The highest BCUT2D eigenvalue weighted by Crippen LogP contribution is 2.56. The van der Waals surface area contributed by atoms with Crippen molar-refractivity contribution in [1.82, 2.24) is 9.55 Å². The van der Waals surface area contributed by atoms with Crippen LogP contribution in [0.25, 0.3) is 11.0 Å². The summed E-state index contributed by atoms with van der Waals surface area (Å²) in [5, 5.41) is 12.5. The minimum atomic E-state index is -4.20. The number of fused-ring (bicyclic) bond motifs is 1. The van der Waals surface area contributed by atoms with Gasteiger partial charge in [-0.3, -0.25) is 0 Å². The quantitative estimate of drug-likeness (QED) is 0.593. The normalized spacial score (nSPS) is 22.5. The molecule has 1 saturated carbocycles. The first-order chi connectivity index (χ1) is 12.3. The van der Waals surface area contributed by atoms with Gasteiger partial charge in [0.25, 0.3) is 0 Å². The van der Waals surface area contributed by atoms with Gasteiger partial charge in [0.2, 0.25) is 5.95 Å². The first-order valence-electron chi connectivity index (χ1n) is 8.33. The Hall–Kier alpha value is -1.97. The van der Waals surface area contributed by atoms with Gasteiger partial charge in [-0.2, -0.15) is 17.6 Å². The molecule has 0 amide bonds. The molecule has 0 saturated heterocycles. The number of aliphatic hydroxyl groups excluding tert-OH is 1. The molecule has 10 heteroatoms. The summed E-state index contributed by atoms with van der Waals surface area (Å²) < 4.78 is 81.9. The fourth-order valence-electron chi connectivity index (χ4n) is 3.30. The summed E-state index contributed by atoms with van der Waals surface area (Å²) in [7, 11) is 0. The Kier molecular flexibility index (Phi) is 4.41. The fraction of sp³-hybridized carbons (Fsp3) is 0.588. The van der Waals surface area contributed by atoms with Crippen molar-refractivity contribution in [3.8, 4) is 0 Å². The molecule has 2 atom stereocenters. The molecule has 0 radical (unpaired) electrons. The maximum Gasteiger partial charge on any atom is 0.313 e. The lowest BCUT2D eigenvalue weighted by Gasteiger charge is -2.44. The number of hydrogen-bond acceptors (Lipinski definition) is 3. The van der Waals surface area contributed by atoms with Crippen LogP contribution in [-0.4, -0.2) is 32.7 Å². The van der Waals surface area contributed by atoms with Crippen LogP contribution < -0.4 is 5.32 Å². The molecule has 150 valence electrons. The summed E-state index contributed by atoms with van der Waals surface area (Å²) in [4.78, 5) is 4.09. The minimum Gasteiger partial charge on any atom is -0.374 e. The molecule has 2 N–H and O–H groups in total. The van der Waals surface area contributed by atoms with E-state index in [-0.39, 0.29) is 17.0 Å². The second kappa shape index (κ2) is 6.02. The molecule has 3 rings (SSSR count). The van der Waals surface area contributed by atoms with Crippen LogP contribution in [0.15, 0.2) is 12.1 Å². The van der Waals surface area contributed by atoms with Crippen LogP contribution in [-0.2, 0) is 5.54 Å². The van der Waals surface area contributed by atoms with Gasteiger partial charge in [-0.1, -0.05) is 0 Å². The number of imidazole rings is 1. The van der Waals surface area contributed by atoms with Crippen molar-refractivity contribution in [3.63, 3.8) is 0 Å². The number of hydrogen-bond donors (Lipinski definition) is 2. The number of aliphatic hydroxyl groups is 1. The zero-order valence-corrected chi connectivity index (χ0v) is 14.8. The molecule has 4 nitrogen and oxygen atoms in total. The molecule has 0 spiro atoms. The molecule has 1 aromatic heterocycles. The first-order valence-corrected chi connectivity index (χ1v) is 8.33. The molecule has 2 unspecified atom stereocenters. The lowest BCUT2D eigenvalue weighted by molar-refractivity contribution is -0.317. The number of nitrogens with one attached hydrogen (secondary N) is 1. The molecular formula is C17H19F6N3O. The standard InChI is InChI=1S/C17H19F6N3O/c1-15(2,3)26-13-10(5-4-9(18)12(13)19)24-14(26)25-11(27)6-8-7-16(20,21)17(8,22)23/h4-5,8,11,27H,6-7H2,1-3H3,(H,24,25). The van der Waals surface area contributed by atoms with E-state index in [1.807, 2.05) is 0 Å². The van der Waals surface area contributed by atoms with Crippen LogP contribution in [0.2, 0.25) is 0 Å². The fourth-order valence-corrected chi connectivity index (χ4v) is 3.30. The van der Waals surface area contributed by atoms with E-state index in [1.54, 1.807) is 20.8 Å². The molecular weight excluding hydrogens is 376 g/mol. The topological polar surface area (TPSA) is 50.1 Å². The van der Waals surface area contributed by atoms with Crippen molar-refractivity contribution < 1.29 is 31.4 Å². The van der Waals surface area contributed by atoms with Crippen LogP contribution in [0.1, 0.15) is 33.6 Å². The Bertz CT molecular complexity index is 874. The van der Waals surface area contributed by atoms with Crippen molar-refractivity contribution >= 4 is 17.0 Å². The zero-order valence-electron chi connectivity index (χ0n) is 14.8. The van der Waals surface area contributed by atoms with Gasteiger partial charge in [-0.25, -0.2) is 13.8 Å². The summed E-state index contributed by atoms with van der Waals surface area (Å²) in [6, 6.07) is 2.14. The largest absolute Gasteiger partial charge is 0.374 e. The smallest absolute Gasteiger partial charge is 0.313 e. The van der Waals surface area contributed by atoms with E-state index in [1.165, 1.54) is 10.6 Å². The Morgan fingerprint density at radius 1 is 1.26 bits per heavy atom. The molecule has 1 aromatic carbocycles. The predicted molar refractivity (Wildman–Crippen MR) is 86.9 cm³/mol. The Balaban J connectivity index is 1.90. The third-order valence-electron chi connectivity index (χ3n) is 4.69. The van der Waals surface area contributed by atoms with E-state index in [9.17, 15) is 31.4 Å². The number of aromatic nitrogens is 2. The number of alkyl halides is 4. The zero-order chi connectivity index (χ0) is 20.4. The van der Waals surface area contributed by atoms with E-state index in [4.69, 9.17) is 0 Å². The monoisotopic (exact) mass is 395 g/mol. The van der Waals surface area contributed by atoms with Crippen LogP contribution in [0.4, 0.5) is 32.3 Å². The van der Waals surface area contributed by atoms with Crippen LogP contribution in [0, 0.1) is 17.6 Å². The third-order valence-corrected chi connectivity index (χ3v) is 4.69. The summed E-state index contributed by atoms with van der Waals surface area (Å²) >= 11 is 0. The predicted octanol–water partition coefficient (Wildman–Crippen LogP) is 4.48. The van der Waals surface area contributed by atoms with Crippen molar-refractivity contribution in [2.45, 2.75) is 57.2 Å². The molecule has 27 heavy (non-hydrogen) atoms. The summed E-state index contributed by atoms with van der Waals surface area (Å²) in [6.45, 7) is 5.03. The van der Waals surface area contributed by atoms with Gasteiger partial charge < -0.3 is 15.0 Å². The molecule has 2 aromatic rings. The van der Waals surface area contributed by atoms with Gasteiger partial charge in [-0.15, -0.1) is 0 Å². The highest BCUT2D eigenvalue weighted by atomic mass is 19.3. The van der Waals surface area contributed by atoms with E-state index in [0.717, 1.165) is 6.07 Å². The lowest BCUT2D eigenvalue weighted by Crippen LogP contribution is -2.59. The molecule has 0 bridgehead atoms. The van der Waals surface area contributed by atoms with Gasteiger partial charge in [0.1, 0.15) is 11.7 Å². The average molecular weight is 395 g/mol. The number of benzene rings is 1. The van der Waals surface area contributed by atoms with Gasteiger partial charge in [0.15, 0.2) is 11.6 Å². The van der Waals surface area contributed by atoms with Crippen molar-refractivity contribution in [2.24, 2.45) is 5.92 Å². The van der Waals surface area contributed by atoms with Crippen molar-refractivity contribution in [1.29, 1.82) is 0 Å². The summed E-state index contributed by atoms with van der Waals surface area (Å²) in [5.41, 5.74) is -0.865. The number of halogens is 6. The van der Waals surface area contributed by atoms with Gasteiger partial charge >= 0.3 is 11.8 Å². The number of anilines is 1. The van der Waals surface area contributed by atoms with Crippen molar-refractivity contribution in [2.75, 3.05) is 5.32 Å². The molecule has 1 heterocycles. The first kappa shape index (κ1) is 19.8. The second-order valence-electron chi connectivity index (χ2n) is 7.80. The van der Waals surface area contributed by atoms with Gasteiger partial charge in [-0.05, 0) is 32.9 Å². The Labute approximate surface area is 151 Å². The second-order valence-corrected chi connectivity index (χ2v) is 7.80. The Morgan fingerprint density at radius 2 is 1.89 bits per heavy atom. The third kappa shape index (κ3) is 3.13. The molecule has 1 aliphatic rings. The summed E-state index contributed by atoms with van der Waals surface area (Å²) in [6.07, 6.45) is -3.30. The van der Waals surface area contributed by atoms with E-state index >= 15 is 0 Å². The summed E-state index contributed by atoms with van der Waals surface area (Å²) in [5.74, 6) is -12.3. The number of rotatable bonds is 4. The molecule has 1 aliphatic carbocycles. The minimum absolute atomic E-state index is 0.0797. The highest BCUT2D eigenvalue weighted by Gasteiger charge is 2.71. The highest BCUT2D eigenvalue weighted by molar-refractivity contribution is 5.80.